The zero-order valence-electron chi connectivity index (χ0n) is 8.64. The van der Waals surface area contributed by atoms with E-state index in [0.717, 1.165) is 16.1 Å². The Morgan fingerprint density at radius 3 is 2.38 bits per heavy atom. The minimum Gasteiger partial charge on any atom is -0.505 e. The molecule has 0 radical (unpaired) electrons. The van der Waals surface area contributed by atoms with E-state index in [-0.39, 0.29) is 5.75 Å². The molecule has 1 aliphatic heterocycles. The molecule has 0 aliphatic carbocycles. The normalized spacial score (nSPS) is 14.0. The topological polar surface area (TPSA) is 71.0 Å². The maximum Gasteiger partial charge on any atom is 0.148 e. The van der Waals surface area contributed by atoms with Crippen LogP contribution in [0.15, 0.2) is 34.3 Å². The van der Waals surface area contributed by atoms with Gasteiger partial charge in [-0.1, -0.05) is 24.3 Å². The average molecular weight is 213 g/mol. The SMILES string of the molecule is Nc1c(O)c2ccccc2c2c1=NCCN=2. The van der Waals surface area contributed by atoms with Gasteiger partial charge in [-0.15, -0.1) is 0 Å². The van der Waals surface area contributed by atoms with Crippen LogP contribution in [0.5, 0.6) is 5.75 Å². The first-order valence-electron chi connectivity index (χ1n) is 5.17. The fraction of sp³-hybridized carbons (Fsp3) is 0.167. The van der Waals surface area contributed by atoms with Gasteiger partial charge in [0.2, 0.25) is 0 Å². The van der Waals surface area contributed by atoms with E-state index in [9.17, 15) is 5.11 Å². The van der Waals surface area contributed by atoms with Gasteiger partial charge in [-0.3, -0.25) is 9.98 Å². The zero-order valence-corrected chi connectivity index (χ0v) is 8.64. The summed E-state index contributed by atoms with van der Waals surface area (Å²) in [6.45, 7) is 1.32. The highest BCUT2D eigenvalue weighted by Gasteiger charge is 2.11. The molecular formula is C12H11N3O. The molecule has 1 aliphatic rings. The van der Waals surface area contributed by atoms with Crippen LogP contribution in [0.25, 0.3) is 10.8 Å². The number of rotatable bonds is 0. The molecular weight excluding hydrogens is 202 g/mol. The maximum atomic E-state index is 9.99. The Kier molecular flexibility index (Phi) is 1.83. The number of nitrogen functional groups attached to an aromatic ring is 1. The molecule has 0 bridgehead atoms. The van der Waals surface area contributed by atoms with E-state index in [4.69, 9.17) is 5.73 Å². The highest BCUT2D eigenvalue weighted by molar-refractivity contribution is 5.92. The Hall–Kier alpha value is -2.10. The number of hydrogen-bond acceptors (Lipinski definition) is 4. The van der Waals surface area contributed by atoms with E-state index in [2.05, 4.69) is 9.98 Å². The number of phenolic OH excluding ortho intramolecular Hbond substituents is 1. The lowest BCUT2D eigenvalue weighted by Gasteiger charge is -2.08. The van der Waals surface area contributed by atoms with Gasteiger partial charge in [0.1, 0.15) is 16.8 Å². The summed E-state index contributed by atoms with van der Waals surface area (Å²) in [6.07, 6.45) is 0. The second-order valence-electron chi connectivity index (χ2n) is 3.77. The van der Waals surface area contributed by atoms with Crippen LogP contribution in [-0.2, 0) is 0 Å². The zero-order chi connectivity index (χ0) is 11.1. The number of aromatic hydroxyl groups is 1. The Morgan fingerprint density at radius 2 is 1.62 bits per heavy atom. The second-order valence-corrected chi connectivity index (χ2v) is 3.77. The molecule has 3 rings (SSSR count). The lowest BCUT2D eigenvalue weighted by molar-refractivity contribution is 0.483. The van der Waals surface area contributed by atoms with Crippen LogP contribution in [-0.4, -0.2) is 18.2 Å². The van der Waals surface area contributed by atoms with Crippen LogP contribution >= 0.6 is 0 Å². The highest BCUT2D eigenvalue weighted by atomic mass is 16.3. The fourth-order valence-electron chi connectivity index (χ4n) is 2.05. The van der Waals surface area contributed by atoms with E-state index in [1.165, 1.54) is 0 Å². The molecule has 0 amide bonds. The summed E-state index contributed by atoms with van der Waals surface area (Å²) in [4.78, 5) is 8.76. The first kappa shape index (κ1) is 9.15. The van der Waals surface area contributed by atoms with Crippen molar-refractivity contribution >= 4 is 16.5 Å². The van der Waals surface area contributed by atoms with Gasteiger partial charge >= 0.3 is 0 Å². The van der Waals surface area contributed by atoms with E-state index in [1.807, 2.05) is 24.3 Å². The number of fused-ring (bicyclic) bond motifs is 3. The lowest BCUT2D eigenvalue weighted by atomic mass is 10.1. The third-order valence-corrected chi connectivity index (χ3v) is 2.81. The van der Waals surface area contributed by atoms with Gasteiger partial charge in [-0.2, -0.15) is 0 Å². The van der Waals surface area contributed by atoms with E-state index in [0.29, 0.717) is 24.1 Å². The molecule has 0 saturated carbocycles. The third-order valence-electron chi connectivity index (χ3n) is 2.81. The highest BCUT2D eigenvalue weighted by Crippen LogP contribution is 2.25. The van der Waals surface area contributed by atoms with Gasteiger partial charge in [0.25, 0.3) is 0 Å². The van der Waals surface area contributed by atoms with Crippen molar-refractivity contribution in [1.29, 1.82) is 0 Å². The summed E-state index contributed by atoms with van der Waals surface area (Å²) >= 11 is 0. The summed E-state index contributed by atoms with van der Waals surface area (Å²) < 4.78 is 0. The van der Waals surface area contributed by atoms with Crippen molar-refractivity contribution in [3.63, 3.8) is 0 Å². The Bertz CT molecular complexity index is 691. The summed E-state index contributed by atoms with van der Waals surface area (Å²) in [6, 6.07) is 7.55. The molecule has 80 valence electrons. The van der Waals surface area contributed by atoms with Crippen molar-refractivity contribution in [2.75, 3.05) is 18.8 Å². The van der Waals surface area contributed by atoms with Crippen LogP contribution in [0.3, 0.4) is 0 Å². The molecule has 1 heterocycles. The van der Waals surface area contributed by atoms with Crippen LogP contribution in [0.2, 0.25) is 0 Å². The largest absolute Gasteiger partial charge is 0.505 e. The number of nitrogens with two attached hydrogens (primary N) is 1. The molecule has 4 heteroatoms. The van der Waals surface area contributed by atoms with Crippen molar-refractivity contribution in [3.05, 3.63) is 35.0 Å². The van der Waals surface area contributed by atoms with E-state index < -0.39 is 0 Å². The average Bonchev–Trinajstić information content (AvgIpc) is 2.36. The van der Waals surface area contributed by atoms with Crippen LogP contribution in [0, 0.1) is 0 Å². The Labute approximate surface area is 91.8 Å². The molecule has 0 atom stereocenters. The summed E-state index contributed by atoms with van der Waals surface area (Å²) in [5.74, 6) is 0.107. The Balaban J connectivity index is 2.68. The van der Waals surface area contributed by atoms with Crippen molar-refractivity contribution in [3.8, 4) is 5.75 Å². The predicted molar refractivity (Wildman–Crippen MR) is 62.1 cm³/mol. The Morgan fingerprint density at radius 1 is 1.00 bits per heavy atom. The minimum atomic E-state index is 0.107. The minimum absolute atomic E-state index is 0.107. The number of anilines is 1. The van der Waals surface area contributed by atoms with E-state index >= 15 is 0 Å². The van der Waals surface area contributed by atoms with Crippen LogP contribution in [0.4, 0.5) is 5.69 Å². The van der Waals surface area contributed by atoms with Crippen LogP contribution in [0.1, 0.15) is 0 Å². The van der Waals surface area contributed by atoms with Gasteiger partial charge in [-0.25, -0.2) is 0 Å². The maximum absolute atomic E-state index is 9.99. The number of hydrogen-bond donors (Lipinski definition) is 2. The molecule has 2 aromatic carbocycles. The van der Waals surface area contributed by atoms with Crippen molar-refractivity contribution in [1.82, 2.24) is 0 Å². The number of benzene rings is 2. The van der Waals surface area contributed by atoms with Gasteiger partial charge in [0.05, 0.1) is 18.4 Å². The molecule has 0 unspecified atom stereocenters. The molecule has 0 spiro atoms. The molecule has 0 saturated heterocycles. The van der Waals surface area contributed by atoms with Crippen LogP contribution < -0.4 is 16.4 Å². The molecule has 2 aromatic rings. The number of phenols is 1. The smallest absolute Gasteiger partial charge is 0.148 e. The number of nitrogens with zero attached hydrogens (tertiary/aromatic N) is 2. The van der Waals surface area contributed by atoms with Gasteiger partial charge in [0.15, 0.2) is 0 Å². The fourth-order valence-corrected chi connectivity index (χ4v) is 2.05. The summed E-state index contributed by atoms with van der Waals surface area (Å²) in [5, 5.41) is 13.1. The molecule has 3 N–H and O–H groups in total. The first-order chi connectivity index (χ1) is 7.79. The molecule has 0 aromatic heterocycles. The summed E-state index contributed by atoms with van der Waals surface area (Å²) in [5.41, 5.74) is 6.20. The van der Waals surface area contributed by atoms with Crippen molar-refractivity contribution in [2.24, 2.45) is 9.98 Å². The van der Waals surface area contributed by atoms with Crippen molar-refractivity contribution in [2.45, 2.75) is 0 Å². The van der Waals surface area contributed by atoms with E-state index in [1.54, 1.807) is 0 Å². The molecule has 16 heavy (non-hydrogen) atoms. The van der Waals surface area contributed by atoms with Gasteiger partial charge in [0, 0.05) is 10.8 Å². The quantitative estimate of drug-likeness (QED) is 0.490. The summed E-state index contributed by atoms with van der Waals surface area (Å²) in [7, 11) is 0. The second kappa shape index (κ2) is 3.20. The first-order valence-corrected chi connectivity index (χ1v) is 5.17. The van der Waals surface area contributed by atoms with Gasteiger partial charge < -0.3 is 10.8 Å². The predicted octanol–water partition coefficient (Wildman–Crippen LogP) is 0.380. The molecule has 0 fully saturated rings. The van der Waals surface area contributed by atoms with Gasteiger partial charge in [-0.05, 0) is 0 Å². The third kappa shape index (κ3) is 1.10. The molecule has 4 nitrogen and oxygen atoms in total. The lowest BCUT2D eigenvalue weighted by Crippen LogP contribution is -2.33. The monoisotopic (exact) mass is 213 g/mol. The van der Waals surface area contributed by atoms with Crippen molar-refractivity contribution < 1.29 is 5.11 Å². The standard InChI is InChI=1S/C12H11N3O/c13-9-11-10(14-5-6-15-11)7-3-1-2-4-8(7)12(9)16/h1-4,16H,5-6,13H2.